The van der Waals surface area contributed by atoms with E-state index in [1.54, 1.807) is 30.5 Å². The second-order valence-corrected chi connectivity index (χ2v) is 10.1. The van der Waals surface area contributed by atoms with Crippen LogP contribution in [0.3, 0.4) is 0 Å². The maximum atomic E-state index is 13.9. The molecule has 7 heteroatoms. The molecule has 32 heavy (non-hydrogen) atoms. The van der Waals surface area contributed by atoms with Crippen LogP contribution >= 0.6 is 11.6 Å². The van der Waals surface area contributed by atoms with Gasteiger partial charge in [0.15, 0.2) is 0 Å². The smallest absolute Gasteiger partial charge is 0.227 e. The number of nitrogens with one attached hydrogen (secondary N) is 1. The van der Waals surface area contributed by atoms with Crippen molar-refractivity contribution in [3.63, 3.8) is 0 Å². The molecule has 0 spiro atoms. The Bertz CT molecular complexity index is 1190. The Balaban J connectivity index is 1.29. The number of hydrogen-bond donors (Lipinski definition) is 2. The Kier molecular flexibility index (Phi) is 5.18. The molecule has 4 atom stereocenters. The largest absolute Gasteiger partial charge is 0.389 e. The van der Waals surface area contributed by atoms with Crippen molar-refractivity contribution >= 4 is 34.1 Å². The highest BCUT2D eigenvalue weighted by atomic mass is 35.5. The zero-order valence-electron chi connectivity index (χ0n) is 17.8. The predicted molar refractivity (Wildman–Crippen MR) is 122 cm³/mol. The first-order valence-electron chi connectivity index (χ1n) is 10.9. The molecule has 2 aliphatic rings. The van der Waals surface area contributed by atoms with E-state index in [0.29, 0.717) is 29.6 Å². The van der Waals surface area contributed by atoms with Crippen LogP contribution in [0.1, 0.15) is 50.5 Å². The van der Waals surface area contributed by atoms with Crippen molar-refractivity contribution in [1.29, 1.82) is 0 Å². The fourth-order valence-corrected chi connectivity index (χ4v) is 6.20. The minimum Gasteiger partial charge on any atom is -0.389 e. The zero-order valence-corrected chi connectivity index (χ0v) is 18.6. The van der Waals surface area contributed by atoms with Gasteiger partial charge in [0.1, 0.15) is 11.0 Å². The third kappa shape index (κ3) is 3.97. The van der Waals surface area contributed by atoms with Crippen LogP contribution < -0.4 is 5.32 Å². The Hall–Kier alpha value is -2.57. The summed E-state index contributed by atoms with van der Waals surface area (Å²) in [6, 6.07) is 10.0. The lowest BCUT2D eigenvalue weighted by Crippen LogP contribution is -2.33. The monoisotopic (exact) mass is 453 g/mol. The van der Waals surface area contributed by atoms with Crippen LogP contribution in [-0.4, -0.2) is 26.6 Å². The highest BCUT2D eigenvalue weighted by Gasteiger charge is 2.56. The maximum Gasteiger partial charge on any atom is 0.227 e. The number of fused-ring (bicyclic) bond motifs is 2. The average molecular weight is 454 g/mol. The first kappa shape index (κ1) is 21.3. The molecule has 2 N–H and O–H groups in total. The molecule has 5 rings (SSSR count). The Morgan fingerprint density at radius 1 is 1.25 bits per heavy atom. The van der Waals surface area contributed by atoms with Gasteiger partial charge in [0.05, 0.1) is 29.4 Å². The quantitative estimate of drug-likeness (QED) is 0.513. The fourth-order valence-electron chi connectivity index (χ4n) is 6.09. The predicted octanol–water partition coefficient (Wildman–Crippen LogP) is 5.48. The highest BCUT2D eigenvalue weighted by molar-refractivity contribution is 6.29. The van der Waals surface area contributed by atoms with Crippen LogP contribution in [0.25, 0.3) is 10.9 Å². The van der Waals surface area contributed by atoms with Crippen LogP contribution in [-0.2, 0) is 4.79 Å². The lowest BCUT2D eigenvalue weighted by Gasteiger charge is -2.28. The van der Waals surface area contributed by atoms with Gasteiger partial charge in [-0.1, -0.05) is 18.5 Å². The number of carbonyl (C=O) groups excluding carboxylic acids is 1. The van der Waals surface area contributed by atoms with E-state index >= 15 is 0 Å². The van der Waals surface area contributed by atoms with Crippen molar-refractivity contribution in [2.24, 2.45) is 11.3 Å². The molecule has 2 unspecified atom stereocenters. The standard InChI is InChI=1S/C25H25ClFN3O2/c1-24-10-15(19-6-7-28-21-4-2-17(27)9-20(19)21)8-16(24)11-25(32,14-24)12-23(31)30-18-3-5-22(26)29-13-18/h2-7,9,13,15-16,32H,8,10-12,14H2,1H3,(H,30,31)/t15-,16+,24?,25?/m1/s1. The molecule has 1 amide bonds. The van der Waals surface area contributed by atoms with Crippen molar-refractivity contribution in [2.45, 2.75) is 50.5 Å². The van der Waals surface area contributed by atoms with E-state index in [9.17, 15) is 14.3 Å². The summed E-state index contributed by atoms with van der Waals surface area (Å²) in [6.45, 7) is 2.21. The summed E-state index contributed by atoms with van der Waals surface area (Å²) in [5, 5.41) is 15.3. The van der Waals surface area contributed by atoms with E-state index in [1.807, 2.05) is 6.07 Å². The van der Waals surface area contributed by atoms with E-state index in [4.69, 9.17) is 11.6 Å². The van der Waals surface area contributed by atoms with E-state index < -0.39 is 5.60 Å². The first-order chi connectivity index (χ1) is 15.2. The van der Waals surface area contributed by atoms with Gasteiger partial charge in [0.2, 0.25) is 5.91 Å². The Morgan fingerprint density at radius 2 is 2.09 bits per heavy atom. The number of amides is 1. The molecule has 1 aromatic carbocycles. The molecule has 3 aromatic rings. The molecule has 2 aromatic heterocycles. The van der Waals surface area contributed by atoms with Crippen LogP contribution in [0.15, 0.2) is 48.8 Å². The second kappa shape index (κ2) is 7.78. The van der Waals surface area contributed by atoms with Gasteiger partial charge in [0.25, 0.3) is 0 Å². The topological polar surface area (TPSA) is 75.1 Å². The van der Waals surface area contributed by atoms with Crippen LogP contribution in [0, 0.1) is 17.2 Å². The number of aromatic nitrogens is 2. The van der Waals surface area contributed by atoms with Gasteiger partial charge in [-0.2, -0.15) is 0 Å². The third-order valence-electron chi connectivity index (χ3n) is 7.30. The van der Waals surface area contributed by atoms with Gasteiger partial charge < -0.3 is 10.4 Å². The molecular weight excluding hydrogens is 429 g/mol. The number of benzene rings is 1. The molecule has 166 valence electrons. The highest BCUT2D eigenvalue weighted by Crippen LogP contribution is 2.62. The van der Waals surface area contributed by atoms with Crippen molar-refractivity contribution in [2.75, 3.05) is 5.32 Å². The van der Waals surface area contributed by atoms with E-state index in [-0.39, 0.29) is 29.5 Å². The number of rotatable bonds is 4. The third-order valence-corrected chi connectivity index (χ3v) is 7.53. The molecule has 2 aliphatic carbocycles. The minimum atomic E-state index is -1.03. The van der Waals surface area contributed by atoms with E-state index in [0.717, 1.165) is 29.3 Å². The van der Waals surface area contributed by atoms with E-state index in [2.05, 4.69) is 22.2 Å². The summed E-state index contributed by atoms with van der Waals surface area (Å²) < 4.78 is 13.9. The van der Waals surface area contributed by atoms with Gasteiger partial charge in [-0.3, -0.25) is 9.78 Å². The number of hydrogen-bond acceptors (Lipinski definition) is 4. The van der Waals surface area contributed by atoms with Gasteiger partial charge in [-0.15, -0.1) is 0 Å². The second-order valence-electron chi connectivity index (χ2n) is 9.75. The Labute approximate surface area is 191 Å². The molecule has 0 saturated heterocycles. The van der Waals surface area contributed by atoms with Gasteiger partial charge in [-0.25, -0.2) is 9.37 Å². The molecule has 5 nitrogen and oxygen atoms in total. The molecule has 0 bridgehead atoms. The molecule has 2 heterocycles. The summed E-state index contributed by atoms with van der Waals surface area (Å²) in [5.41, 5.74) is 1.40. The van der Waals surface area contributed by atoms with Gasteiger partial charge in [0, 0.05) is 11.6 Å². The van der Waals surface area contributed by atoms with Crippen molar-refractivity contribution in [3.05, 3.63) is 65.3 Å². The lowest BCUT2D eigenvalue weighted by molar-refractivity contribution is -0.121. The summed E-state index contributed by atoms with van der Waals surface area (Å²) in [7, 11) is 0. The number of nitrogens with zero attached hydrogens (tertiary/aromatic N) is 2. The van der Waals surface area contributed by atoms with Gasteiger partial charge >= 0.3 is 0 Å². The molecule has 2 saturated carbocycles. The van der Waals surface area contributed by atoms with Crippen LogP contribution in [0.2, 0.25) is 5.15 Å². The van der Waals surface area contributed by atoms with Crippen LogP contribution in [0.5, 0.6) is 0 Å². The molecule has 0 aliphatic heterocycles. The maximum absolute atomic E-state index is 13.9. The number of halogens is 2. The normalized spacial score (nSPS) is 29.2. The lowest BCUT2D eigenvalue weighted by atomic mass is 9.80. The van der Waals surface area contributed by atoms with E-state index in [1.165, 1.54) is 12.3 Å². The van der Waals surface area contributed by atoms with Gasteiger partial charge in [-0.05, 0) is 84.9 Å². The van der Waals surface area contributed by atoms with Crippen molar-refractivity contribution in [1.82, 2.24) is 9.97 Å². The molecule has 2 fully saturated rings. The summed E-state index contributed by atoms with van der Waals surface area (Å²) in [5.74, 6) is 0.106. The average Bonchev–Trinajstić information content (AvgIpc) is 3.16. The molecule has 0 radical (unpaired) electrons. The summed E-state index contributed by atoms with van der Waals surface area (Å²) >= 11 is 5.79. The van der Waals surface area contributed by atoms with Crippen LogP contribution in [0.4, 0.5) is 10.1 Å². The summed E-state index contributed by atoms with van der Waals surface area (Å²) in [6.07, 6.45) is 6.32. The summed E-state index contributed by atoms with van der Waals surface area (Å²) in [4.78, 5) is 20.9. The number of carbonyl (C=O) groups is 1. The zero-order chi connectivity index (χ0) is 22.5. The number of pyridine rings is 2. The first-order valence-corrected chi connectivity index (χ1v) is 11.3. The van der Waals surface area contributed by atoms with Crippen molar-refractivity contribution < 1.29 is 14.3 Å². The number of anilines is 1. The molecular formula is C25H25ClFN3O2. The SMILES string of the molecule is CC12C[C@H](c3ccnc4ccc(F)cc34)C[C@H]1CC(O)(CC(=O)Nc1ccc(Cl)nc1)C2. The fraction of sp³-hybridized carbons (Fsp3) is 0.400. The van der Waals surface area contributed by atoms with Crippen molar-refractivity contribution in [3.8, 4) is 0 Å². The number of aliphatic hydroxyl groups is 1. The minimum absolute atomic E-state index is 0.0514. The Morgan fingerprint density at radius 3 is 2.84 bits per heavy atom.